The van der Waals surface area contributed by atoms with E-state index in [-0.39, 0.29) is 25.9 Å². The number of carboxylic acid groups (broad SMARTS) is 1. The Balaban J connectivity index is 2.60. The summed E-state index contributed by atoms with van der Waals surface area (Å²) in [5.74, 6) is -3.11. The minimum absolute atomic E-state index is 0.0600. The fourth-order valence-corrected chi connectivity index (χ4v) is 10.5. The van der Waals surface area contributed by atoms with Gasteiger partial charge in [0.2, 0.25) is 0 Å². The van der Waals surface area contributed by atoms with E-state index < -0.39 is 67.3 Å². The Labute approximate surface area is 495 Å². The highest BCUT2D eigenvalue weighted by molar-refractivity contribution is 5.74. The number of carboxylic acids is 1. The summed E-state index contributed by atoms with van der Waals surface area (Å²) in [6, 6.07) is 0. The first-order valence-electron chi connectivity index (χ1n) is 34.0. The summed E-state index contributed by atoms with van der Waals surface area (Å²) in [7, 11) is 0. The van der Waals surface area contributed by atoms with Crippen molar-refractivity contribution in [3.8, 4) is 0 Å². The molecule has 0 bridgehead atoms. The fraction of sp³-hybridized carbons (Fsp3) is 0.855. The van der Waals surface area contributed by atoms with E-state index in [0.29, 0.717) is 19.3 Å². The zero-order valence-corrected chi connectivity index (χ0v) is 52.3. The van der Waals surface area contributed by atoms with Crippen LogP contribution in [-0.4, -0.2) is 89.2 Å². The third kappa shape index (κ3) is 46.9. The van der Waals surface area contributed by atoms with Crippen LogP contribution in [0.5, 0.6) is 0 Å². The van der Waals surface area contributed by atoms with Crippen LogP contribution in [0.3, 0.4) is 0 Å². The summed E-state index contributed by atoms with van der Waals surface area (Å²) in [5, 5.41) is 31.6. The van der Waals surface area contributed by atoms with Gasteiger partial charge in [0.25, 0.3) is 0 Å². The maximum atomic E-state index is 13.2. The van der Waals surface area contributed by atoms with E-state index in [0.717, 1.165) is 103 Å². The average molecular weight is 1150 g/mol. The molecule has 12 nitrogen and oxygen atoms in total. The third-order valence-electron chi connectivity index (χ3n) is 15.7. The quantitative estimate of drug-likeness (QED) is 0.0228. The Morgan fingerprint density at radius 1 is 0.407 bits per heavy atom. The van der Waals surface area contributed by atoms with Crippen molar-refractivity contribution in [1.82, 2.24) is 0 Å². The van der Waals surface area contributed by atoms with Gasteiger partial charge in [-0.3, -0.25) is 14.4 Å². The van der Waals surface area contributed by atoms with Crippen molar-refractivity contribution in [2.75, 3.05) is 13.2 Å². The highest BCUT2D eigenvalue weighted by Crippen LogP contribution is 2.27. The smallest absolute Gasteiger partial charge is 0.335 e. The van der Waals surface area contributed by atoms with Crippen LogP contribution in [0.2, 0.25) is 0 Å². The summed E-state index contributed by atoms with van der Waals surface area (Å²) in [4.78, 5) is 51.3. The molecule has 1 heterocycles. The maximum Gasteiger partial charge on any atom is 0.335 e. The van der Waals surface area contributed by atoms with Gasteiger partial charge in [-0.15, -0.1) is 0 Å². The molecule has 0 amide bonds. The minimum atomic E-state index is -1.90. The number of hydrogen-bond acceptors (Lipinski definition) is 11. The summed E-state index contributed by atoms with van der Waals surface area (Å²) in [6.07, 6.45) is 56.8. The standard InChI is InChI=1S/C69H124O12/c1-4-7-10-13-16-19-22-25-27-29-31-33-35-38-40-43-46-49-52-55-61(70)77-58-60(79-62(71)56-53-50-47-44-41-37-24-21-18-15-12-9-6-3)59-78-69-67(65(74)64(73)66(81-69)68(75)76)80-63(72)57-54-51-48-45-42-39-36-34-32-30-28-26-23-20-17-14-11-8-5-2/h12,15,21,24,26,28,60,64-67,69,73-74H,4-11,13-14,16-20,22-23,25,27,29-59H2,1-3H3,(H,75,76)/b15-12-,24-21-,28-26-. The van der Waals surface area contributed by atoms with E-state index >= 15 is 0 Å². The molecule has 6 unspecified atom stereocenters. The first-order valence-corrected chi connectivity index (χ1v) is 34.0. The molecule has 0 aromatic heterocycles. The van der Waals surface area contributed by atoms with Crippen molar-refractivity contribution >= 4 is 23.9 Å². The number of carbonyl (C=O) groups is 4. The second-order valence-electron chi connectivity index (χ2n) is 23.5. The zero-order chi connectivity index (χ0) is 58.9. The topological polar surface area (TPSA) is 175 Å². The van der Waals surface area contributed by atoms with Gasteiger partial charge in [0.1, 0.15) is 18.8 Å². The third-order valence-corrected chi connectivity index (χ3v) is 15.7. The van der Waals surface area contributed by atoms with Crippen molar-refractivity contribution in [3.05, 3.63) is 36.5 Å². The van der Waals surface area contributed by atoms with E-state index in [1.807, 2.05) is 0 Å². The van der Waals surface area contributed by atoms with Crippen molar-refractivity contribution in [3.63, 3.8) is 0 Å². The Morgan fingerprint density at radius 2 is 0.765 bits per heavy atom. The van der Waals surface area contributed by atoms with Crippen LogP contribution in [0.25, 0.3) is 0 Å². The van der Waals surface area contributed by atoms with Crippen molar-refractivity contribution in [2.24, 2.45) is 0 Å². The van der Waals surface area contributed by atoms with Crippen molar-refractivity contribution < 1.29 is 58.2 Å². The van der Waals surface area contributed by atoms with E-state index in [1.54, 1.807) is 0 Å². The number of rotatable bonds is 59. The number of esters is 3. The van der Waals surface area contributed by atoms with E-state index in [9.17, 15) is 34.5 Å². The van der Waals surface area contributed by atoms with Gasteiger partial charge in [-0.2, -0.15) is 0 Å². The van der Waals surface area contributed by atoms with Crippen LogP contribution in [0.4, 0.5) is 0 Å². The number of ether oxygens (including phenoxy) is 5. The van der Waals surface area contributed by atoms with Gasteiger partial charge in [-0.1, -0.05) is 276 Å². The molecule has 3 N–H and O–H groups in total. The predicted molar refractivity (Wildman–Crippen MR) is 331 cm³/mol. The SMILES string of the molecule is CCC/C=C\C/C=C\CCCCCCCC(=O)OC(COC(=O)CCCCCCCCCCCCCCCCCCCCC)COC1OC(C(=O)O)C(O)C(O)C1OC(=O)CCCCCCCCCCC/C=C\CCCCCCCC. The second kappa shape index (κ2) is 57.4. The van der Waals surface area contributed by atoms with Crippen LogP contribution in [0.15, 0.2) is 36.5 Å². The molecular formula is C69H124O12. The minimum Gasteiger partial charge on any atom is -0.479 e. The lowest BCUT2D eigenvalue weighted by molar-refractivity contribution is -0.301. The number of hydrogen-bond donors (Lipinski definition) is 3. The molecule has 1 aliphatic heterocycles. The van der Waals surface area contributed by atoms with Crippen LogP contribution >= 0.6 is 0 Å². The second-order valence-corrected chi connectivity index (χ2v) is 23.5. The number of unbranched alkanes of at least 4 members (excludes halogenated alkanes) is 39. The van der Waals surface area contributed by atoms with Crippen LogP contribution in [-0.2, 0) is 42.9 Å². The molecule has 1 fully saturated rings. The van der Waals surface area contributed by atoms with E-state index in [1.165, 1.54) is 167 Å². The lowest BCUT2D eigenvalue weighted by Crippen LogP contribution is -2.61. The first-order chi connectivity index (χ1) is 39.6. The van der Waals surface area contributed by atoms with Gasteiger partial charge in [-0.25, -0.2) is 4.79 Å². The van der Waals surface area contributed by atoms with Gasteiger partial charge in [0.15, 0.2) is 24.6 Å². The molecule has 0 aromatic carbocycles. The van der Waals surface area contributed by atoms with Gasteiger partial charge in [-0.05, 0) is 70.6 Å². The first kappa shape index (κ1) is 76.0. The van der Waals surface area contributed by atoms with Crippen LogP contribution in [0.1, 0.15) is 329 Å². The number of aliphatic carboxylic acids is 1. The van der Waals surface area contributed by atoms with Gasteiger partial charge in [0, 0.05) is 19.3 Å². The largest absolute Gasteiger partial charge is 0.479 e. The Bertz CT molecular complexity index is 1550. The lowest BCUT2D eigenvalue weighted by atomic mass is 9.98. The monoisotopic (exact) mass is 1140 g/mol. The lowest BCUT2D eigenvalue weighted by Gasteiger charge is -2.40. The molecule has 6 atom stereocenters. The Hall–Kier alpha value is -3.06. The summed E-state index contributed by atoms with van der Waals surface area (Å²) >= 11 is 0. The molecule has 1 saturated heterocycles. The maximum absolute atomic E-state index is 13.2. The van der Waals surface area contributed by atoms with Crippen molar-refractivity contribution in [2.45, 2.75) is 366 Å². The summed E-state index contributed by atoms with van der Waals surface area (Å²) in [6.45, 7) is 5.97. The normalized spacial score (nSPS) is 17.9. The van der Waals surface area contributed by atoms with E-state index in [4.69, 9.17) is 23.7 Å². The number of carbonyl (C=O) groups excluding carboxylic acids is 3. The molecule has 1 rings (SSSR count). The van der Waals surface area contributed by atoms with Gasteiger partial charge in [0.05, 0.1) is 6.61 Å². The summed E-state index contributed by atoms with van der Waals surface area (Å²) in [5.41, 5.74) is 0. The average Bonchev–Trinajstić information content (AvgIpc) is 3.54. The fourth-order valence-electron chi connectivity index (χ4n) is 10.5. The van der Waals surface area contributed by atoms with E-state index in [2.05, 4.69) is 57.2 Å². The molecule has 1 aliphatic rings. The highest BCUT2D eigenvalue weighted by atomic mass is 16.7. The molecule has 81 heavy (non-hydrogen) atoms. The molecule has 0 saturated carbocycles. The number of aliphatic hydroxyl groups excluding tert-OH is 2. The molecule has 472 valence electrons. The Morgan fingerprint density at radius 3 is 1.17 bits per heavy atom. The van der Waals surface area contributed by atoms with Gasteiger partial charge >= 0.3 is 23.9 Å². The molecule has 0 radical (unpaired) electrons. The Kier molecular flexibility index (Phi) is 53.8. The van der Waals surface area contributed by atoms with Gasteiger partial charge < -0.3 is 39.0 Å². The van der Waals surface area contributed by atoms with Crippen LogP contribution in [0, 0.1) is 0 Å². The van der Waals surface area contributed by atoms with Crippen molar-refractivity contribution in [1.29, 1.82) is 0 Å². The molecular weight excluding hydrogens is 1020 g/mol. The molecule has 0 aliphatic carbocycles. The van der Waals surface area contributed by atoms with Crippen LogP contribution < -0.4 is 0 Å². The molecule has 0 spiro atoms. The molecule has 0 aromatic rings. The zero-order valence-electron chi connectivity index (χ0n) is 52.3. The number of aliphatic hydroxyl groups is 2. The number of allylic oxidation sites excluding steroid dienone is 6. The summed E-state index contributed by atoms with van der Waals surface area (Å²) < 4.78 is 28.6. The predicted octanol–water partition coefficient (Wildman–Crippen LogP) is 18.4. The molecule has 12 heteroatoms. The highest BCUT2D eigenvalue weighted by Gasteiger charge is 2.50.